The zero-order valence-electron chi connectivity index (χ0n) is 10.9. The zero-order chi connectivity index (χ0) is 14.1. The molecule has 0 bridgehead atoms. The molecule has 3 rings (SSSR count). The van der Waals surface area contributed by atoms with E-state index < -0.39 is 5.97 Å². The van der Waals surface area contributed by atoms with Crippen LogP contribution in [-0.2, 0) is 18.3 Å². The van der Waals surface area contributed by atoms with Gasteiger partial charge >= 0.3 is 5.97 Å². The lowest BCUT2D eigenvalue weighted by Crippen LogP contribution is -2.16. The van der Waals surface area contributed by atoms with Crippen LogP contribution in [0.2, 0.25) is 0 Å². The van der Waals surface area contributed by atoms with Gasteiger partial charge in [-0.2, -0.15) is 15.0 Å². The molecule has 0 radical (unpaired) electrons. The van der Waals surface area contributed by atoms with Crippen molar-refractivity contribution in [3.05, 3.63) is 23.9 Å². The number of carbonyl (C=O) groups is 1. The molecule has 0 amide bonds. The van der Waals surface area contributed by atoms with Crippen LogP contribution in [0.3, 0.4) is 0 Å². The monoisotopic (exact) mass is 275 g/mol. The predicted molar refractivity (Wildman–Crippen MR) is 68.8 cm³/mol. The first-order valence-corrected chi connectivity index (χ1v) is 6.14. The van der Waals surface area contributed by atoms with E-state index in [4.69, 9.17) is 14.6 Å². The molecule has 0 saturated heterocycles. The number of benzene rings is 1. The standard InChI is InChI=1S/C13H13N3O4/c1-16-14-7-10(15-16)9-6-12-11(19-2-3-20-12)4-8(9)5-13(17)18/h4,6-7H,2-3,5H2,1H3,(H,17,18). The first-order chi connectivity index (χ1) is 9.63. The molecule has 2 heterocycles. The van der Waals surface area contributed by atoms with Gasteiger partial charge in [-0.15, -0.1) is 0 Å². The zero-order valence-corrected chi connectivity index (χ0v) is 10.9. The molecule has 1 aliphatic heterocycles. The maximum atomic E-state index is 11.0. The largest absolute Gasteiger partial charge is 0.486 e. The predicted octanol–water partition coefficient (Wildman–Crippen LogP) is 0.880. The van der Waals surface area contributed by atoms with E-state index in [1.54, 1.807) is 25.4 Å². The number of nitrogens with zero attached hydrogens (tertiary/aromatic N) is 3. The molecule has 0 spiro atoms. The minimum absolute atomic E-state index is 0.109. The topological polar surface area (TPSA) is 86.5 Å². The molecule has 0 atom stereocenters. The summed E-state index contributed by atoms with van der Waals surface area (Å²) in [4.78, 5) is 12.4. The number of carboxylic acid groups (broad SMARTS) is 1. The van der Waals surface area contributed by atoms with Gasteiger partial charge < -0.3 is 14.6 Å². The van der Waals surface area contributed by atoms with E-state index in [2.05, 4.69) is 10.2 Å². The highest BCUT2D eigenvalue weighted by Crippen LogP contribution is 2.37. The molecule has 104 valence electrons. The van der Waals surface area contributed by atoms with Crippen molar-refractivity contribution in [2.75, 3.05) is 13.2 Å². The van der Waals surface area contributed by atoms with Gasteiger partial charge in [0.1, 0.15) is 18.9 Å². The van der Waals surface area contributed by atoms with E-state index in [0.717, 1.165) is 0 Å². The number of hydrogen-bond acceptors (Lipinski definition) is 5. The SMILES string of the molecule is Cn1ncc(-c2cc3c(cc2CC(=O)O)OCCO3)n1. The molecule has 7 nitrogen and oxygen atoms in total. The van der Waals surface area contributed by atoms with Crippen molar-refractivity contribution in [1.29, 1.82) is 0 Å². The summed E-state index contributed by atoms with van der Waals surface area (Å²) in [6.45, 7) is 0.940. The molecule has 2 aromatic rings. The van der Waals surface area contributed by atoms with E-state index in [1.165, 1.54) is 4.80 Å². The molecular formula is C13H13N3O4. The van der Waals surface area contributed by atoms with Crippen molar-refractivity contribution >= 4 is 5.97 Å². The quantitative estimate of drug-likeness (QED) is 0.894. The molecule has 20 heavy (non-hydrogen) atoms. The summed E-state index contributed by atoms with van der Waals surface area (Å²) >= 11 is 0. The van der Waals surface area contributed by atoms with Crippen molar-refractivity contribution in [2.45, 2.75) is 6.42 Å². The van der Waals surface area contributed by atoms with Crippen LogP contribution in [0.1, 0.15) is 5.56 Å². The second-order valence-corrected chi connectivity index (χ2v) is 4.44. The molecular weight excluding hydrogens is 262 g/mol. The molecule has 1 N–H and O–H groups in total. The van der Waals surface area contributed by atoms with Gasteiger partial charge in [0, 0.05) is 12.6 Å². The third-order valence-corrected chi connectivity index (χ3v) is 2.99. The Balaban J connectivity index is 2.12. The fraction of sp³-hybridized carbons (Fsp3) is 0.308. The average molecular weight is 275 g/mol. The third kappa shape index (κ3) is 2.29. The van der Waals surface area contributed by atoms with Gasteiger partial charge in [0.15, 0.2) is 11.5 Å². The smallest absolute Gasteiger partial charge is 0.307 e. The molecule has 0 unspecified atom stereocenters. The van der Waals surface area contributed by atoms with E-state index in [0.29, 0.717) is 41.5 Å². The Morgan fingerprint density at radius 2 is 2.05 bits per heavy atom. The fourth-order valence-electron chi connectivity index (χ4n) is 2.15. The van der Waals surface area contributed by atoms with Crippen LogP contribution in [0.5, 0.6) is 11.5 Å². The maximum Gasteiger partial charge on any atom is 0.307 e. The van der Waals surface area contributed by atoms with Crippen molar-refractivity contribution in [3.8, 4) is 22.8 Å². The summed E-state index contributed by atoms with van der Waals surface area (Å²) in [6, 6.07) is 3.46. The normalized spacial score (nSPS) is 13.2. The van der Waals surface area contributed by atoms with Crippen LogP contribution in [0.25, 0.3) is 11.3 Å². The van der Waals surface area contributed by atoms with Gasteiger partial charge in [-0.1, -0.05) is 0 Å². The number of hydrogen-bond donors (Lipinski definition) is 1. The molecule has 1 aromatic carbocycles. The Hall–Kier alpha value is -2.57. The van der Waals surface area contributed by atoms with Gasteiger partial charge in [0.05, 0.1) is 12.6 Å². The number of carboxylic acids is 1. The molecule has 0 aliphatic carbocycles. The lowest BCUT2D eigenvalue weighted by Gasteiger charge is -2.20. The van der Waals surface area contributed by atoms with E-state index in [9.17, 15) is 4.79 Å². The summed E-state index contributed by atoms with van der Waals surface area (Å²) in [5.41, 5.74) is 1.94. The Kier molecular flexibility index (Phi) is 3.02. The summed E-state index contributed by atoms with van der Waals surface area (Å²) < 4.78 is 11.0. The van der Waals surface area contributed by atoms with Crippen LogP contribution < -0.4 is 9.47 Å². The number of aliphatic carboxylic acids is 1. The van der Waals surface area contributed by atoms with Crippen LogP contribution in [0, 0.1) is 0 Å². The Labute approximate surface area is 114 Å². The summed E-state index contributed by atoms with van der Waals surface area (Å²) in [6.07, 6.45) is 1.49. The average Bonchev–Trinajstić information content (AvgIpc) is 2.84. The third-order valence-electron chi connectivity index (χ3n) is 2.99. The Morgan fingerprint density at radius 1 is 1.35 bits per heavy atom. The highest BCUT2D eigenvalue weighted by Gasteiger charge is 2.19. The second kappa shape index (κ2) is 4.84. The van der Waals surface area contributed by atoms with Crippen LogP contribution in [0.15, 0.2) is 18.3 Å². The maximum absolute atomic E-state index is 11.0. The Bertz CT molecular complexity index is 666. The molecule has 7 heteroatoms. The summed E-state index contributed by atoms with van der Waals surface area (Å²) in [5, 5.41) is 17.3. The Morgan fingerprint density at radius 3 is 2.65 bits per heavy atom. The van der Waals surface area contributed by atoms with Gasteiger partial charge in [-0.05, 0) is 17.7 Å². The lowest BCUT2D eigenvalue weighted by atomic mass is 10.0. The van der Waals surface area contributed by atoms with Crippen LogP contribution >= 0.6 is 0 Å². The number of ether oxygens (including phenoxy) is 2. The number of aryl methyl sites for hydroxylation is 1. The van der Waals surface area contributed by atoms with Gasteiger partial charge in [-0.25, -0.2) is 0 Å². The van der Waals surface area contributed by atoms with E-state index in [1.807, 2.05) is 0 Å². The first-order valence-electron chi connectivity index (χ1n) is 6.14. The lowest BCUT2D eigenvalue weighted by molar-refractivity contribution is -0.136. The fourth-order valence-corrected chi connectivity index (χ4v) is 2.15. The highest BCUT2D eigenvalue weighted by atomic mass is 16.6. The first kappa shape index (κ1) is 12.5. The second-order valence-electron chi connectivity index (χ2n) is 4.44. The van der Waals surface area contributed by atoms with Gasteiger partial charge in [0.2, 0.25) is 0 Å². The number of fused-ring (bicyclic) bond motifs is 1. The van der Waals surface area contributed by atoms with Crippen molar-refractivity contribution in [2.24, 2.45) is 7.05 Å². The van der Waals surface area contributed by atoms with E-state index >= 15 is 0 Å². The summed E-state index contributed by atoms with van der Waals surface area (Å²) in [7, 11) is 1.71. The van der Waals surface area contributed by atoms with E-state index in [-0.39, 0.29) is 6.42 Å². The summed E-state index contributed by atoms with van der Waals surface area (Å²) in [5.74, 6) is 0.262. The minimum atomic E-state index is -0.910. The van der Waals surface area contributed by atoms with Crippen LogP contribution in [0.4, 0.5) is 0 Å². The van der Waals surface area contributed by atoms with Crippen molar-refractivity contribution in [1.82, 2.24) is 15.0 Å². The van der Waals surface area contributed by atoms with Crippen molar-refractivity contribution < 1.29 is 19.4 Å². The number of rotatable bonds is 3. The molecule has 0 saturated carbocycles. The molecule has 0 fully saturated rings. The molecule has 1 aromatic heterocycles. The van der Waals surface area contributed by atoms with Gasteiger partial charge in [0.25, 0.3) is 0 Å². The van der Waals surface area contributed by atoms with Gasteiger partial charge in [-0.3, -0.25) is 4.79 Å². The number of aromatic nitrogens is 3. The highest BCUT2D eigenvalue weighted by molar-refractivity contribution is 5.77. The molecule has 1 aliphatic rings. The van der Waals surface area contributed by atoms with Crippen molar-refractivity contribution in [3.63, 3.8) is 0 Å². The minimum Gasteiger partial charge on any atom is -0.486 e. The van der Waals surface area contributed by atoms with Crippen LogP contribution in [-0.4, -0.2) is 39.3 Å².